The highest BCUT2D eigenvalue weighted by molar-refractivity contribution is 5.46. The quantitative estimate of drug-likeness (QED) is 0.752. The Morgan fingerprint density at radius 1 is 0.958 bits per heavy atom. The molecule has 0 unspecified atom stereocenters. The van der Waals surface area contributed by atoms with Crippen molar-refractivity contribution in [2.24, 2.45) is 5.92 Å². The van der Waals surface area contributed by atoms with Crippen molar-refractivity contribution >= 4 is 5.69 Å². The number of likely N-dealkylation sites (tertiary alicyclic amines) is 1. The number of benzene rings is 2. The Balaban J connectivity index is 1.65. The van der Waals surface area contributed by atoms with Crippen molar-refractivity contribution in [2.75, 3.05) is 31.1 Å². The lowest BCUT2D eigenvalue weighted by atomic mass is 10.1. The third-order valence-electron chi connectivity index (χ3n) is 5.01. The van der Waals surface area contributed by atoms with E-state index in [4.69, 9.17) is 0 Å². The van der Waals surface area contributed by atoms with Crippen LogP contribution in [0.25, 0.3) is 0 Å². The summed E-state index contributed by atoms with van der Waals surface area (Å²) >= 11 is 0. The van der Waals surface area contributed by atoms with Crippen LogP contribution in [0.2, 0.25) is 0 Å². The predicted octanol–water partition coefficient (Wildman–Crippen LogP) is 4.82. The molecule has 1 saturated heterocycles. The van der Waals surface area contributed by atoms with Gasteiger partial charge in [0.2, 0.25) is 0 Å². The highest BCUT2D eigenvalue weighted by Gasteiger charge is 2.16. The van der Waals surface area contributed by atoms with Crippen molar-refractivity contribution in [1.82, 2.24) is 4.90 Å². The fraction of sp³-hybridized carbons (Fsp3) is 0.455. The van der Waals surface area contributed by atoms with Crippen LogP contribution in [-0.4, -0.2) is 31.1 Å². The molecule has 0 saturated carbocycles. The maximum Gasteiger partial charge on any atom is 0.0430 e. The first-order valence-electron chi connectivity index (χ1n) is 9.37. The summed E-state index contributed by atoms with van der Waals surface area (Å²) in [5, 5.41) is 0. The Morgan fingerprint density at radius 2 is 1.67 bits per heavy atom. The van der Waals surface area contributed by atoms with Gasteiger partial charge in [-0.25, -0.2) is 0 Å². The van der Waals surface area contributed by atoms with E-state index >= 15 is 0 Å². The molecule has 0 amide bonds. The first-order valence-corrected chi connectivity index (χ1v) is 9.37. The molecular weight excluding hydrogens is 292 g/mol. The van der Waals surface area contributed by atoms with Crippen molar-refractivity contribution in [2.45, 2.75) is 32.7 Å². The molecule has 0 bridgehead atoms. The largest absolute Gasteiger partial charge is 0.366 e. The van der Waals surface area contributed by atoms with E-state index in [9.17, 15) is 0 Å². The average molecular weight is 322 g/mol. The highest BCUT2D eigenvalue weighted by Crippen LogP contribution is 2.19. The van der Waals surface area contributed by atoms with E-state index in [-0.39, 0.29) is 0 Å². The lowest BCUT2D eigenvalue weighted by Crippen LogP contribution is -2.36. The zero-order chi connectivity index (χ0) is 16.6. The molecule has 1 aliphatic rings. The summed E-state index contributed by atoms with van der Waals surface area (Å²) in [5.41, 5.74) is 2.70. The van der Waals surface area contributed by atoms with Crippen LogP contribution in [0.3, 0.4) is 0 Å². The smallest absolute Gasteiger partial charge is 0.0430 e. The highest BCUT2D eigenvalue weighted by atomic mass is 15.2. The number of hydrogen-bond acceptors (Lipinski definition) is 2. The van der Waals surface area contributed by atoms with Gasteiger partial charge in [0.1, 0.15) is 0 Å². The lowest BCUT2D eigenvalue weighted by molar-refractivity contribution is 0.261. The van der Waals surface area contributed by atoms with Gasteiger partial charge in [-0.2, -0.15) is 0 Å². The van der Waals surface area contributed by atoms with Gasteiger partial charge >= 0.3 is 0 Å². The van der Waals surface area contributed by atoms with E-state index in [1.165, 1.54) is 43.6 Å². The van der Waals surface area contributed by atoms with Crippen molar-refractivity contribution in [3.8, 4) is 0 Å². The minimum atomic E-state index is 0.840. The number of rotatable bonds is 6. The van der Waals surface area contributed by atoms with Crippen LogP contribution in [-0.2, 0) is 6.54 Å². The summed E-state index contributed by atoms with van der Waals surface area (Å²) in [7, 11) is 0. The second kappa shape index (κ2) is 8.89. The van der Waals surface area contributed by atoms with Crippen molar-refractivity contribution in [3.63, 3.8) is 0 Å². The normalized spacial score (nSPS) is 19.0. The molecule has 0 aliphatic carbocycles. The molecular formula is C22H30N2. The van der Waals surface area contributed by atoms with E-state index < -0.39 is 0 Å². The van der Waals surface area contributed by atoms with Crippen LogP contribution in [0.1, 0.15) is 31.7 Å². The molecule has 1 heterocycles. The van der Waals surface area contributed by atoms with Gasteiger partial charge in [-0.05, 0) is 43.0 Å². The SMILES string of the molecule is C[C@H]1CCCCN(CCN(Cc2ccccc2)c2ccccc2)C1. The van der Waals surface area contributed by atoms with Crippen LogP contribution in [0.15, 0.2) is 60.7 Å². The molecule has 24 heavy (non-hydrogen) atoms. The van der Waals surface area contributed by atoms with Gasteiger partial charge in [-0.15, -0.1) is 0 Å². The monoisotopic (exact) mass is 322 g/mol. The first kappa shape index (κ1) is 17.0. The Hall–Kier alpha value is -1.80. The van der Waals surface area contributed by atoms with Crippen LogP contribution in [0.5, 0.6) is 0 Å². The lowest BCUT2D eigenvalue weighted by Gasteiger charge is -2.29. The molecule has 2 nitrogen and oxygen atoms in total. The Morgan fingerprint density at radius 3 is 2.42 bits per heavy atom. The maximum absolute atomic E-state index is 2.67. The number of para-hydroxylation sites is 1. The summed E-state index contributed by atoms with van der Waals surface area (Å²) in [6.45, 7) is 8.15. The minimum absolute atomic E-state index is 0.840. The number of nitrogens with zero attached hydrogens (tertiary/aromatic N) is 2. The number of anilines is 1. The van der Waals surface area contributed by atoms with Gasteiger partial charge in [0.25, 0.3) is 0 Å². The molecule has 2 heteroatoms. The fourth-order valence-corrected chi connectivity index (χ4v) is 3.66. The van der Waals surface area contributed by atoms with E-state index in [1.807, 2.05) is 0 Å². The second-order valence-corrected chi connectivity index (χ2v) is 7.14. The standard InChI is InChI=1S/C22H30N2/c1-20-10-8-9-15-23(18-20)16-17-24(22-13-6-3-7-14-22)19-21-11-4-2-5-12-21/h2-7,11-14,20H,8-10,15-19H2,1H3/t20-/m0/s1. The summed E-state index contributed by atoms with van der Waals surface area (Å²) in [6.07, 6.45) is 4.14. The van der Waals surface area contributed by atoms with E-state index in [0.29, 0.717) is 0 Å². The summed E-state index contributed by atoms with van der Waals surface area (Å²) in [6, 6.07) is 21.7. The van der Waals surface area contributed by atoms with Gasteiger partial charge < -0.3 is 9.80 Å². The molecule has 0 radical (unpaired) electrons. The topological polar surface area (TPSA) is 6.48 Å². The zero-order valence-electron chi connectivity index (χ0n) is 14.9. The molecule has 128 valence electrons. The Bertz CT molecular complexity index is 581. The van der Waals surface area contributed by atoms with E-state index in [1.54, 1.807) is 0 Å². The molecule has 0 N–H and O–H groups in total. The molecule has 0 aromatic heterocycles. The van der Waals surface area contributed by atoms with Gasteiger partial charge in [0, 0.05) is 31.9 Å². The molecule has 1 atom stereocenters. The van der Waals surface area contributed by atoms with Crippen molar-refractivity contribution in [3.05, 3.63) is 66.2 Å². The Labute approximate surface area is 147 Å². The summed E-state index contributed by atoms with van der Waals surface area (Å²) < 4.78 is 0. The van der Waals surface area contributed by atoms with Crippen LogP contribution in [0.4, 0.5) is 5.69 Å². The molecule has 3 rings (SSSR count). The summed E-state index contributed by atoms with van der Waals surface area (Å²) in [4.78, 5) is 5.18. The molecule has 1 aliphatic heterocycles. The summed E-state index contributed by atoms with van der Waals surface area (Å²) in [5.74, 6) is 0.840. The minimum Gasteiger partial charge on any atom is -0.366 e. The van der Waals surface area contributed by atoms with E-state index in [2.05, 4.69) is 77.4 Å². The Kier molecular flexibility index (Phi) is 6.31. The molecule has 2 aromatic rings. The fourth-order valence-electron chi connectivity index (χ4n) is 3.66. The second-order valence-electron chi connectivity index (χ2n) is 7.14. The van der Waals surface area contributed by atoms with Gasteiger partial charge in [0.15, 0.2) is 0 Å². The number of hydrogen-bond donors (Lipinski definition) is 0. The molecule has 0 spiro atoms. The zero-order valence-corrected chi connectivity index (χ0v) is 14.9. The van der Waals surface area contributed by atoms with Crippen molar-refractivity contribution in [1.29, 1.82) is 0 Å². The van der Waals surface area contributed by atoms with Crippen LogP contribution >= 0.6 is 0 Å². The first-order chi connectivity index (χ1) is 11.8. The van der Waals surface area contributed by atoms with Gasteiger partial charge in [-0.3, -0.25) is 0 Å². The molecule has 2 aromatic carbocycles. The predicted molar refractivity (Wildman–Crippen MR) is 103 cm³/mol. The average Bonchev–Trinajstić information content (AvgIpc) is 2.84. The van der Waals surface area contributed by atoms with E-state index in [0.717, 1.165) is 25.6 Å². The maximum atomic E-state index is 2.67. The van der Waals surface area contributed by atoms with Gasteiger partial charge in [0.05, 0.1) is 0 Å². The molecule has 1 fully saturated rings. The third kappa shape index (κ3) is 5.10. The van der Waals surface area contributed by atoms with Gasteiger partial charge in [-0.1, -0.05) is 61.9 Å². The van der Waals surface area contributed by atoms with Crippen LogP contribution < -0.4 is 4.90 Å². The third-order valence-corrected chi connectivity index (χ3v) is 5.01. The van der Waals surface area contributed by atoms with Crippen molar-refractivity contribution < 1.29 is 0 Å². The van der Waals surface area contributed by atoms with Crippen LogP contribution in [0, 0.1) is 5.92 Å².